The Hall–Kier alpha value is -1.60. The van der Waals surface area contributed by atoms with E-state index in [1.807, 2.05) is 36.1 Å². The third-order valence-corrected chi connectivity index (χ3v) is 4.83. The van der Waals surface area contributed by atoms with Crippen LogP contribution in [0.2, 0.25) is 0 Å². The molecule has 2 atom stereocenters. The summed E-state index contributed by atoms with van der Waals surface area (Å²) < 4.78 is 6.60. The van der Waals surface area contributed by atoms with E-state index in [9.17, 15) is 9.59 Å². The lowest BCUT2D eigenvalue weighted by atomic mass is 9.99. The van der Waals surface area contributed by atoms with Gasteiger partial charge in [-0.25, -0.2) is 0 Å². The number of amides is 1. The molecule has 1 amide bonds. The Labute approximate surface area is 150 Å². The molecule has 0 spiro atoms. The number of halogens is 1. The van der Waals surface area contributed by atoms with Crippen molar-refractivity contribution in [2.75, 3.05) is 39.8 Å². The van der Waals surface area contributed by atoms with Crippen LogP contribution < -0.4 is 4.74 Å². The van der Waals surface area contributed by atoms with Crippen molar-refractivity contribution in [3.8, 4) is 5.75 Å². The summed E-state index contributed by atoms with van der Waals surface area (Å²) in [5, 5.41) is 9.14. The minimum absolute atomic E-state index is 0.0207. The standard InChI is InChI=1S/C17H23BrN2O4/c1-12-9-20(10-15(12)17(22)23)11-16(21)19(2)7-8-24-14-5-3-13(18)4-6-14/h3-6,12,15H,7-11H2,1-2H3,(H,22,23)/t12-,15-/m1/s1. The molecule has 1 aliphatic rings. The van der Waals surface area contributed by atoms with Gasteiger partial charge in [0.05, 0.1) is 19.0 Å². The quantitative estimate of drug-likeness (QED) is 0.759. The van der Waals surface area contributed by atoms with Crippen molar-refractivity contribution in [2.45, 2.75) is 6.92 Å². The molecule has 1 aliphatic heterocycles. The molecule has 1 fully saturated rings. The topological polar surface area (TPSA) is 70.1 Å². The first-order valence-electron chi connectivity index (χ1n) is 7.94. The van der Waals surface area contributed by atoms with Gasteiger partial charge in [-0.15, -0.1) is 0 Å². The van der Waals surface area contributed by atoms with E-state index in [2.05, 4.69) is 15.9 Å². The van der Waals surface area contributed by atoms with Crippen LogP contribution in [0.5, 0.6) is 5.75 Å². The summed E-state index contributed by atoms with van der Waals surface area (Å²) in [6.07, 6.45) is 0. The lowest BCUT2D eigenvalue weighted by Crippen LogP contribution is -2.39. The summed E-state index contributed by atoms with van der Waals surface area (Å²) in [6.45, 7) is 4.15. The second-order valence-corrected chi connectivity index (χ2v) is 7.15. The third-order valence-electron chi connectivity index (χ3n) is 4.30. The van der Waals surface area contributed by atoms with Gasteiger partial charge in [0.25, 0.3) is 0 Å². The van der Waals surface area contributed by atoms with E-state index in [4.69, 9.17) is 9.84 Å². The summed E-state index contributed by atoms with van der Waals surface area (Å²) in [6, 6.07) is 7.53. The molecule has 1 heterocycles. The van der Waals surface area contributed by atoms with Crippen LogP contribution in [-0.4, -0.2) is 66.6 Å². The van der Waals surface area contributed by atoms with Gasteiger partial charge in [0.15, 0.2) is 0 Å². The number of carbonyl (C=O) groups is 2. The number of hydrogen-bond acceptors (Lipinski definition) is 4. The van der Waals surface area contributed by atoms with Gasteiger partial charge in [-0.05, 0) is 30.2 Å². The van der Waals surface area contributed by atoms with E-state index in [0.29, 0.717) is 26.2 Å². The second kappa shape index (κ2) is 8.48. The predicted octanol–water partition coefficient (Wildman–Crippen LogP) is 1.94. The first-order valence-corrected chi connectivity index (χ1v) is 8.73. The highest BCUT2D eigenvalue weighted by Crippen LogP contribution is 2.22. The summed E-state index contributed by atoms with van der Waals surface area (Å²) in [5.41, 5.74) is 0. The summed E-state index contributed by atoms with van der Waals surface area (Å²) in [5.74, 6) is -0.358. The van der Waals surface area contributed by atoms with E-state index in [1.165, 1.54) is 0 Å². The van der Waals surface area contributed by atoms with Crippen LogP contribution in [0.4, 0.5) is 0 Å². The molecule has 0 radical (unpaired) electrons. The average Bonchev–Trinajstić information content (AvgIpc) is 2.89. The van der Waals surface area contributed by atoms with E-state index in [0.717, 1.165) is 10.2 Å². The number of carboxylic acids is 1. The highest BCUT2D eigenvalue weighted by Gasteiger charge is 2.35. The van der Waals surface area contributed by atoms with Crippen LogP contribution in [0.25, 0.3) is 0 Å². The van der Waals surface area contributed by atoms with Gasteiger partial charge in [0.1, 0.15) is 12.4 Å². The molecular formula is C17H23BrN2O4. The molecule has 6 nitrogen and oxygen atoms in total. The fraction of sp³-hybridized carbons (Fsp3) is 0.529. The Bertz CT molecular complexity index is 578. The number of carbonyl (C=O) groups excluding carboxylic acids is 1. The molecule has 0 aromatic heterocycles. The van der Waals surface area contributed by atoms with Crippen molar-refractivity contribution in [2.24, 2.45) is 11.8 Å². The van der Waals surface area contributed by atoms with Crippen LogP contribution in [-0.2, 0) is 9.59 Å². The average molecular weight is 399 g/mol. The van der Waals surface area contributed by atoms with Gasteiger partial charge < -0.3 is 14.7 Å². The minimum Gasteiger partial charge on any atom is -0.492 e. The smallest absolute Gasteiger partial charge is 0.308 e. The fourth-order valence-corrected chi connectivity index (χ4v) is 3.05. The van der Waals surface area contributed by atoms with Crippen molar-refractivity contribution >= 4 is 27.8 Å². The summed E-state index contributed by atoms with van der Waals surface area (Å²) >= 11 is 3.36. The molecule has 24 heavy (non-hydrogen) atoms. The molecular weight excluding hydrogens is 376 g/mol. The second-order valence-electron chi connectivity index (χ2n) is 6.23. The minimum atomic E-state index is -0.784. The Kier molecular flexibility index (Phi) is 6.62. The van der Waals surface area contributed by atoms with Crippen molar-refractivity contribution in [3.05, 3.63) is 28.7 Å². The van der Waals surface area contributed by atoms with E-state index in [-0.39, 0.29) is 24.3 Å². The monoisotopic (exact) mass is 398 g/mol. The Morgan fingerprint density at radius 2 is 2.00 bits per heavy atom. The number of aliphatic carboxylic acids is 1. The molecule has 1 N–H and O–H groups in total. The Balaban J connectivity index is 1.72. The molecule has 1 aromatic rings. The van der Waals surface area contributed by atoms with Gasteiger partial charge in [0, 0.05) is 24.6 Å². The molecule has 0 aliphatic carbocycles. The molecule has 1 saturated heterocycles. The molecule has 7 heteroatoms. The number of nitrogens with zero attached hydrogens (tertiary/aromatic N) is 2. The van der Waals surface area contributed by atoms with Crippen molar-refractivity contribution in [1.82, 2.24) is 9.80 Å². The molecule has 0 bridgehead atoms. The Morgan fingerprint density at radius 1 is 1.33 bits per heavy atom. The maximum Gasteiger partial charge on any atom is 0.308 e. The van der Waals surface area contributed by atoms with E-state index < -0.39 is 5.97 Å². The van der Waals surface area contributed by atoms with Crippen LogP contribution >= 0.6 is 15.9 Å². The fourth-order valence-electron chi connectivity index (χ4n) is 2.79. The summed E-state index contributed by atoms with van der Waals surface area (Å²) in [4.78, 5) is 26.9. The number of likely N-dealkylation sites (N-methyl/N-ethyl adjacent to an activating group) is 1. The first kappa shape index (κ1) is 18.7. The van der Waals surface area contributed by atoms with Gasteiger partial charge in [0.2, 0.25) is 5.91 Å². The first-order chi connectivity index (χ1) is 11.4. The predicted molar refractivity (Wildman–Crippen MR) is 94.0 cm³/mol. The van der Waals surface area contributed by atoms with Crippen molar-refractivity contribution < 1.29 is 19.4 Å². The maximum atomic E-state index is 12.2. The van der Waals surface area contributed by atoms with Gasteiger partial charge >= 0.3 is 5.97 Å². The van der Waals surface area contributed by atoms with Gasteiger partial charge in [-0.1, -0.05) is 22.9 Å². The number of benzene rings is 1. The zero-order valence-electron chi connectivity index (χ0n) is 13.9. The van der Waals surface area contributed by atoms with Crippen molar-refractivity contribution in [1.29, 1.82) is 0 Å². The molecule has 2 rings (SSSR count). The van der Waals surface area contributed by atoms with Gasteiger partial charge in [-0.3, -0.25) is 14.5 Å². The largest absolute Gasteiger partial charge is 0.492 e. The van der Waals surface area contributed by atoms with Crippen LogP contribution in [0, 0.1) is 11.8 Å². The number of rotatable bonds is 7. The molecule has 1 aromatic carbocycles. The zero-order chi connectivity index (χ0) is 17.7. The maximum absolute atomic E-state index is 12.2. The highest BCUT2D eigenvalue weighted by molar-refractivity contribution is 9.10. The molecule has 132 valence electrons. The number of likely N-dealkylation sites (tertiary alicyclic amines) is 1. The zero-order valence-corrected chi connectivity index (χ0v) is 15.5. The third kappa shape index (κ3) is 5.21. The molecule has 0 saturated carbocycles. The van der Waals surface area contributed by atoms with Crippen LogP contribution in [0.15, 0.2) is 28.7 Å². The highest BCUT2D eigenvalue weighted by atomic mass is 79.9. The van der Waals surface area contributed by atoms with Gasteiger partial charge in [-0.2, -0.15) is 0 Å². The van der Waals surface area contributed by atoms with Crippen LogP contribution in [0.3, 0.4) is 0 Å². The van der Waals surface area contributed by atoms with Crippen molar-refractivity contribution in [3.63, 3.8) is 0 Å². The number of ether oxygens (including phenoxy) is 1. The lowest BCUT2D eigenvalue weighted by Gasteiger charge is -2.21. The Morgan fingerprint density at radius 3 is 2.58 bits per heavy atom. The van der Waals surface area contributed by atoms with E-state index >= 15 is 0 Å². The SMILES string of the molecule is C[C@@H]1CN(CC(=O)N(C)CCOc2ccc(Br)cc2)C[C@H]1C(=O)O. The summed E-state index contributed by atoms with van der Waals surface area (Å²) in [7, 11) is 1.74. The van der Waals surface area contributed by atoms with Crippen LogP contribution in [0.1, 0.15) is 6.92 Å². The lowest BCUT2D eigenvalue weighted by molar-refractivity contribution is -0.142. The molecule has 0 unspecified atom stereocenters. The number of carboxylic acid groups (broad SMARTS) is 1. The normalized spacial score (nSPS) is 20.8. The van der Waals surface area contributed by atoms with E-state index in [1.54, 1.807) is 11.9 Å². The number of hydrogen-bond donors (Lipinski definition) is 1.